The van der Waals surface area contributed by atoms with Crippen molar-refractivity contribution in [2.45, 2.75) is 50.6 Å². The van der Waals surface area contributed by atoms with Crippen LogP contribution in [0.2, 0.25) is 0 Å². The molecule has 240 valence electrons. The molecule has 1 aliphatic carbocycles. The number of fused-ring (bicyclic) bond motifs is 5. The number of hydrogen-bond acceptors (Lipinski definition) is 8. The maximum Gasteiger partial charge on any atom is 0.434 e. The summed E-state index contributed by atoms with van der Waals surface area (Å²) in [6.45, 7) is 0.647. The van der Waals surface area contributed by atoms with Crippen LogP contribution in [-0.4, -0.2) is 37.5 Å². The van der Waals surface area contributed by atoms with E-state index in [1.807, 2.05) is 23.1 Å². The van der Waals surface area contributed by atoms with E-state index in [2.05, 4.69) is 15.5 Å². The molecule has 0 unspecified atom stereocenters. The lowest BCUT2D eigenvalue weighted by molar-refractivity contribution is 0.0776. The van der Waals surface area contributed by atoms with Crippen LogP contribution < -0.4 is 11.1 Å². The van der Waals surface area contributed by atoms with E-state index < -0.39 is 5.76 Å². The number of anilines is 1. The number of aromatic amines is 1. The molecule has 0 bridgehead atoms. The molecule has 0 saturated carbocycles. The van der Waals surface area contributed by atoms with Gasteiger partial charge in [-0.3, -0.25) is 9.78 Å². The van der Waals surface area contributed by atoms with Crippen LogP contribution in [0.3, 0.4) is 0 Å². The number of rotatable bonds is 7. The van der Waals surface area contributed by atoms with Gasteiger partial charge in [0.15, 0.2) is 0 Å². The van der Waals surface area contributed by atoms with Gasteiger partial charge in [-0.15, -0.1) is 16.4 Å². The molecule has 1 fully saturated rings. The number of aromatic nitrogens is 4. The van der Waals surface area contributed by atoms with Crippen LogP contribution in [0.1, 0.15) is 69.8 Å². The van der Waals surface area contributed by atoms with Crippen LogP contribution in [0.25, 0.3) is 32.0 Å². The molecular weight excluding hydrogens is 634 g/mol. The number of nitrogens with one attached hydrogen (secondary N) is 2. The number of hydrogen-bond donors (Lipinski definition) is 2. The second-order valence-corrected chi connectivity index (χ2v) is 13.6. The van der Waals surface area contributed by atoms with Crippen molar-refractivity contribution in [1.29, 1.82) is 0 Å². The molecule has 1 saturated heterocycles. The first kappa shape index (κ1) is 29.0. The first-order valence-electron chi connectivity index (χ1n) is 16.0. The van der Waals surface area contributed by atoms with Gasteiger partial charge in [-0.1, -0.05) is 18.2 Å². The first-order valence-corrected chi connectivity index (χ1v) is 16.8. The molecule has 2 N–H and O–H groups in total. The van der Waals surface area contributed by atoms with Crippen molar-refractivity contribution in [3.05, 3.63) is 117 Å². The summed E-state index contributed by atoms with van der Waals surface area (Å²) in [4.78, 5) is 38.9. The molecule has 9 rings (SSSR count). The number of carbonyl (C=O) groups is 1. The Labute approximate surface area is 276 Å². The van der Waals surface area contributed by atoms with Gasteiger partial charge in [0.05, 0.1) is 39.3 Å². The molecule has 2 aromatic carbocycles. The van der Waals surface area contributed by atoms with E-state index in [0.29, 0.717) is 47.6 Å². The van der Waals surface area contributed by atoms with E-state index in [1.165, 1.54) is 29.5 Å². The lowest BCUT2D eigenvalue weighted by atomic mass is 9.93. The maximum absolute atomic E-state index is 14.1. The molecule has 4 aromatic heterocycles. The van der Waals surface area contributed by atoms with E-state index in [1.54, 1.807) is 24.4 Å². The minimum Gasteiger partial charge on any atom is -0.388 e. The quantitative estimate of drug-likeness (QED) is 0.186. The predicted molar refractivity (Wildman–Crippen MR) is 177 cm³/mol. The van der Waals surface area contributed by atoms with E-state index >= 15 is 0 Å². The first-order chi connectivity index (χ1) is 23.4. The van der Waals surface area contributed by atoms with Gasteiger partial charge in [-0.25, -0.2) is 23.7 Å². The smallest absolute Gasteiger partial charge is 0.388 e. The van der Waals surface area contributed by atoms with E-state index in [4.69, 9.17) is 14.4 Å². The van der Waals surface area contributed by atoms with Crippen LogP contribution in [0, 0.1) is 11.6 Å². The third kappa shape index (κ3) is 4.73. The monoisotopic (exact) mass is 662 g/mol. The van der Waals surface area contributed by atoms with Gasteiger partial charge >= 0.3 is 5.76 Å². The van der Waals surface area contributed by atoms with Gasteiger partial charge in [-0.05, 0) is 97.0 Å². The zero-order valence-electron chi connectivity index (χ0n) is 25.6. The molecule has 6 heterocycles. The zero-order valence-corrected chi connectivity index (χ0v) is 26.4. The Morgan fingerprint density at radius 1 is 0.979 bits per heavy atom. The summed E-state index contributed by atoms with van der Waals surface area (Å²) in [5.74, 6) is -0.594. The summed E-state index contributed by atoms with van der Waals surface area (Å²) in [6.07, 6.45) is 6.05. The van der Waals surface area contributed by atoms with Crippen LogP contribution in [0.15, 0.2) is 70.0 Å². The number of aryl methyl sites for hydroxylation is 3. The number of pyridine rings is 2. The maximum atomic E-state index is 14.1. The number of nitrogens with zero attached hydrogens (tertiary/aromatic N) is 4. The van der Waals surface area contributed by atoms with Crippen molar-refractivity contribution in [1.82, 2.24) is 25.1 Å². The molecule has 48 heavy (non-hydrogen) atoms. The topological polar surface area (TPSA) is 117 Å². The standard InChI is InChI=1S/C36H28F2N6O3S/c37-21-7-3-18(4-8-21)5-11-25-28(34-42-43-36(46)47-34)29(30-31(40-25)26-2-1-15-44(26)35(30)45)27-17-20-13-14-39-33(32(20)48-27)41-24-12-6-19-16-22(38)9-10-23(19)24/h3-4,7-10,13-14,16-17,24,26H,1-2,5-6,11-12,15H2,(H,39,41)(H,43,46)/t24-,26-/m1/s1. The number of amides is 1. The Bertz CT molecular complexity index is 2310. The minimum atomic E-state index is -0.711. The highest BCUT2D eigenvalue weighted by molar-refractivity contribution is 7.23. The minimum absolute atomic E-state index is 0.0184. The van der Waals surface area contributed by atoms with Gasteiger partial charge < -0.3 is 14.6 Å². The van der Waals surface area contributed by atoms with Crippen LogP contribution in [-0.2, 0) is 19.3 Å². The SMILES string of the molecule is O=C1c2c(nc(CCc3ccc(F)cc3)c(-c3n[nH]c(=O)o3)c2-c2cc3ccnc(N[C@@H]4CCc5cc(F)ccc54)c3s2)[C@H]2CCCN12. The Morgan fingerprint density at radius 2 is 1.83 bits per heavy atom. The van der Waals surface area contributed by atoms with Crippen LogP contribution >= 0.6 is 11.3 Å². The average Bonchev–Trinajstić information content (AvgIpc) is 3.92. The molecule has 3 aliphatic rings. The van der Waals surface area contributed by atoms with Crippen molar-refractivity contribution in [2.24, 2.45) is 0 Å². The molecule has 0 spiro atoms. The number of thiophene rings is 1. The second kappa shape index (κ2) is 11.2. The highest BCUT2D eigenvalue weighted by Gasteiger charge is 2.45. The van der Waals surface area contributed by atoms with Crippen molar-refractivity contribution in [2.75, 3.05) is 11.9 Å². The lowest BCUT2D eigenvalue weighted by Crippen LogP contribution is -2.22. The number of halogens is 2. The molecule has 12 heteroatoms. The normalized spacial score (nSPS) is 18.0. The molecule has 2 aliphatic heterocycles. The predicted octanol–water partition coefficient (Wildman–Crippen LogP) is 7.16. The third-order valence-electron chi connectivity index (χ3n) is 9.73. The van der Waals surface area contributed by atoms with Crippen molar-refractivity contribution >= 4 is 33.1 Å². The van der Waals surface area contributed by atoms with Crippen molar-refractivity contribution < 1.29 is 18.0 Å². The lowest BCUT2D eigenvalue weighted by Gasteiger charge is -2.16. The molecule has 1 amide bonds. The summed E-state index contributed by atoms with van der Waals surface area (Å²) in [7, 11) is 0. The summed E-state index contributed by atoms with van der Waals surface area (Å²) < 4.78 is 34.1. The van der Waals surface area contributed by atoms with Gasteiger partial charge in [-0.2, -0.15) is 0 Å². The van der Waals surface area contributed by atoms with Gasteiger partial charge in [0, 0.05) is 23.2 Å². The van der Waals surface area contributed by atoms with Gasteiger partial charge in [0.1, 0.15) is 17.5 Å². The van der Waals surface area contributed by atoms with Gasteiger partial charge in [0.2, 0.25) is 0 Å². The fourth-order valence-corrected chi connectivity index (χ4v) is 8.72. The van der Waals surface area contributed by atoms with Crippen LogP contribution in [0.5, 0.6) is 0 Å². The molecule has 6 aromatic rings. The molecule has 9 nitrogen and oxygen atoms in total. The summed E-state index contributed by atoms with van der Waals surface area (Å²) in [6, 6.07) is 15.1. The number of H-pyrrole nitrogens is 1. The molecular formula is C36H28F2N6O3S. The summed E-state index contributed by atoms with van der Waals surface area (Å²) in [5.41, 5.74) is 5.99. The van der Waals surface area contributed by atoms with Crippen molar-refractivity contribution in [3.8, 4) is 21.9 Å². The Balaban J connectivity index is 1.21. The highest BCUT2D eigenvalue weighted by atomic mass is 32.1. The Morgan fingerprint density at radius 3 is 2.67 bits per heavy atom. The largest absolute Gasteiger partial charge is 0.434 e. The van der Waals surface area contributed by atoms with Gasteiger partial charge in [0.25, 0.3) is 11.8 Å². The van der Waals surface area contributed by atoms with E-state index in [0.717, 1.165) is 63.0 Å². The molecule has 2 atom stereocenters. The van der Waals surface area contributed by atoms with E-state index in [-0.39, 0.29) is 35.5 Å². The number of benzene rings is 2. The average molecular weight is 663 g/mol. The van der Waals surface area contributed by atoms with E-state index in [9.17, 15) is 18.4 Å². The fourth-order valence-electron chi connectivity index (χ4n) is 7.55. The zero-order chi connectivity index (χ0) is 32.5. The molecule has 0 radical (unpaired) electrons. The Hall–Kier alpha value is -5.23. The van der Waals surface area contributed by atoms with Crippen molar-refractivity contribution in [3.63, 3.8) is 0 Å². The third-order valence-corrected chi connectivity index (χ3v) is 10.9. The Kier molecular flexibility index (Phi) is 6.75. The highest BCUT2D eigenvalue weighted by Crippen LogP contribution is 2.50. The second-order valence-electron chi connectivity index (χ2n) is 12.5. The fraction of sp³-hybridized carbons (Fsp3) is 0.250. The van der Waals surface area contributed by atoms with Crippen LogP contribution in [0.4, 0.5) is 14.6 Å². The summed E-state index contributed by atoms with van der Waals surface area (Å²) >= 11 is 1.50. The number of carbonyl (C=O) groups excluding carboxylic acids is 1. The summed E-state index contributed by atoms with van der Waals surface area (Å²) in [5, 5.41) is 11.1.